The van der Waals surface area contributed by atoms with E-state index in [-0.39, 0.29) is 11.9 Å². The van der Waals surface area contributed by atoms with Crippen molar-refractivity contribution in [2.75, 3.05) is 38.2 Å². The summed E-state index contributed by atoms with van der Waals surface area (Å²) in [6, 6.07) is 1.10. The molecule has 2 aliphatic heterocycles. The SMILES string of the molecule is FC(F)(F)c1cc(N[C@@H]2CC3CN(CC4CCOCC4)C[C@H]3C2)nnc1Cl. The molecule has 9 heteroatoms. The van der Waals surface area contributed by atoms with Crippen LogP contribution in [-0.2, 0) is 10.9 Å². The van der Waals surface area contributed by atoms with E-state index in [1.807, 2.05) is 0 Å². The number of anilines is 1. The van der Waals surface area contributed by atoms with Gasteiger partial charge in [0.25, 0.3) is 0 Å². The largest absolute Gasteiger partial charge is 0.419 e. The highest BCUT2D eigenvalue weighted by Crippen LogP contribution is 2.40. The van der Waals surface area contributed by atoms with Crippen molar-refractivity contribution in [2.45, 2.75) is 37.9 Å². The van der Waals surface area contributed by atoms with E-state index in [4.69, 9.17) is 16.3 Å². The number of likely N-dealkylation sites (tertiary alicyclic amines) is 1. The predicted octanol–water partition coefficient (Wildman–Crippen LogP) is 3.70. The summed E-state index contributed by atoms with van der Waals surface area (Å²) in [5.41, 5.74) is -0.942. The van der Waals surface area contributed by atoms with Crippen molar-refractivity contribution in [3.8, 4) is 0 Å². The van der Waals surface area contributed by atoms with Gasteiger partial charge >= 0.3 is 6.18 Å². The number of aromatic nitrogens is 2. The molecule has 3 fully saturated rings. The van der Waals surface area contributed by atoms with Gasteiger partial charge in [0.05, 0.1) is 5.56 Å². The van der Waals surface area contributed by atoms with Gasteiger partial charge in [-0.3, -0.25) is 0 Å². The molecule has 1 unspecified atom stereocenters. The molecule has 3 atom stereocenters. The zero-order valence-electron chi connectivity index (χ0n) is 15.0. The van der Waals surface area contributed by atoms with Gasteiger partial charge in [-0.25, -0.2) is 0 Å². The molecule has 5 nitrogen and oxygen atoms in total. The van der Waals surface area contributed by atoms with Gasteiger partial charge in [0.2, 0.25) is 0 Å². The Morgan fingerprint density at radius 2 is 1.81 bits per heavy atom. The van der Waals surface area contributed by atoms with Gasteiger partial charge in [-0.05, 0) is 49.5 Å². The minimum atomic E-state index is -4.53. The standard InChI is InChI=1S/C18H24ClF3N4O/c19-17-15(18(20,21)22)7-16(24-25-17)23-14-5-12-9-26(10-13(12)6-14)8-11-1-3-27-4-2-11/h7,11-14H,1-6,8-10H2,(H,23,24)/t12-,13?,14+/m1/s1. The summed E-state index contributed by atoms with van der Waals surface area (Å²) in [6.07, 6.45) is -0.318. The molecular weight excluding hydrogens is 381 g/mol. The van der Waals surface area contributed by atoms with Crippen molar-refractivity contribution in [1.82, 2.24) is 15.1 Å². The Hall–Kier alpha value is -1.12. The van der Waals surface area contributed by atoms with Crippen LogP contribution in [0.25, 0.3) is 0 Å². The average molecular weight is 405 g/mol. The number of hydrogen-bond acceptors (Lipinski definition) is 5. The van der Waals surface area contributed by atoms with Crippen LogP contribution in [-0.4, -0.2) is 54.0 Å². The quantitative estimate of drug-likeness (QED) is 0.829. The molecule has 1 aromatic heterocycles. The highest BCUT2D eigenvalue weighted by Gasteiger charge is 2.41. The normalized spacial score (nSPS) is 29.9. The third-order valence-corrected chi connectivity index (χ3v) is 6.37. The molecule has 0 radical (unpaired) electrons. The van der Waals surface area contributed by atoms with Gasteiger partial charge in [0.1, 0.15) is 5.82 Å². The molecule has 0 amide bonds. The third-order valence-electron chi connectivity index (χ3n) is 6.09. The minimum Gasteiger partial charge on any atom is -0.381 e. The summed E-state index contributed by atoms with van der Waals surface area (Å²) >= 11 is 5.54. The van der Waals surface area contributed by atoms with E-state index in [9.17, 15) is 13.2 Å². The summed E-state index contributed by atoms with van der Waals surface area (Å²) in [7, 11) is 0. The van der Waals surface area contributed by atoms with Crippen molar-refractivity contribution in [3.05, 3.63) is 16.8 Å². The van der Waals surface area contributed by atoms with Crippen LogP contribution in [0.15, 0.2) is 6.07 Å². The van der Waals surface area contributed by atoms with E-state index in [1.165, 1.54) is 0 Å². The first-order chi connectivity index (χ1) is 12.9. The number of nitrogens with zero attached hydrogens (tertiary/aromatic N) is 3. The number of ether oxygens (including phenoxy) is 1. The molecule has 1 aromatic rings. The van der Waals surface area contributed by atoms with Crippen LogP contribution in [0, 0.1) is 17.8 Å². The Morgan fingerprint density at radius 1 is 1.15 bits per heavy atom. The second-order valence-electron chi connectivity index (χ2n) is 8.04. The molecule has 27 heavy (non-hydrogen) atoms. The summed E-state index contributed by atoms with van der Waals surface area (Å²) < 4.78 is 44.3. The highest BCUT2D eigenvalue weighted by atomic mass is 35.5. The fourth-order valence-electron chi connectivity index (χ4n) is 4.81. The Kier molecular flexibility index (Phi) is 5.49. The summed E-state index contributed by atoms with van der Waals surface area (Å²) in [5.74, 6) is 2.08. The first kappa shape index (κ1) is 19.2. The van der Waals surface area contributed by atoms with Crippen molar-refractivity contribution < 1.29 is 17.9 Å². The number of alkyl halides is 3. The van der Waals surface area contributed by atoms with Gasteiger partial charge in [-0.1, -0.05) is 11.6 Å². The average Bonchev–Trinajstić information content (AvgIpc) is 3.14. The van der Waals surface area contributed by atoms with Crippen LogP contribution in [0.3, 0.4) is 0 Å². The summed E-state index contributed by atoms with van der Waals surface area (Å²) in [4.78, 5) is 2.56. The maximum Gasteiger partial charge on any atom is 0.419 e. The van der Waals surface area contributed by atoms with Crippen LogP contribution in [0.1, 0.15) is 31.2 Å². The van der Waals surface area contributed by atoms with E-state index in [1.54, 1.807) is 0 Å². The lowest BCUT2D eigenvalue weighted by Gasteiger charge is -2.27. The molecule has 0 bridgehead atoms. The Bertz CT molecular complexity index is 654. The lowest BCUT2D eigenvalue weighted by molar-refractivity contribution is -0.137. The molecule has 3 aliphatic rings. The number of hydrogen-bond donors (Lipinski definition) is 1. The lowest BCUT2D eigenvalue weighted by Crippen LogP contribution is -2.32. The first-order valence-electron chi connectivity index (χ1n) is 9.55. The van der Waals surface area contributed by atoms with Gasteiger partial charge < -0.3 is 15.0 Å². The zero-order valence-corrected chi connectivity index (χ0v) is 15.8. The van der Waals surface area contributed by atoms with Gasteiger partial charge in [0.15, 0.2) is 5.15 Å². The van der Waals surface area contributed by atoms with Crippen molar-refractivity contribution in [1.29, 1.82) is 0 Å². The monoisotopic (exact) mass is 404 g/mol. The van der Waals surface area contributed by atoms with E-state index in [0.717, 1.165) is 70.5 Å². The van der Waals surface area contributed by atoms with Crippen molar-refractivity contribution in [2.24, 2.45) is 17.8 Å². The molecule has 1 saturated carbocycles. The smallest absolute Gasteiger partial charge is 0.381 e. The van der Waals surface area contributed by atoms with Gasteiger partial charge in [0, 0.05) is 38.9 Å². The van der Waals surface area contributed by atoms with E-state index in [0.29, 0.717) is 11.8 Å². The third kappa shape index (κ3) is 4.49. The number of fused-ring (bicyclic) bond motifs is 1. The van der Waals surface area contributed by atoms with Crippen LogP contribution in [0.5, 0.6) is 0 Å². The maximum atomic E-state index is 13.0. The first-order valence-corrected chi connectivity index (χ1v) is 9.93. The van der Waals surface area contributed by atoms with E-state index in [2.05, 4.69) is 20.4 Å². The van der Waals surface area contributed by atoms with Gasteiger partial charge in [-0.15, -0.1) is 10.2 Å². The molecule has 3 heterocycles. The predicted molar refractivity (Wildman–Crippen MR) is 95.7 cm³/mol. The highest BCUT2D eigenvalue weighted by molar-refractivity contribution is 6.30. The molecule has 150 valence electrons. The zero-order chi connectivity index (χ0) is 19.0. The topological polar surface area (TPSA) is 50.3 Å². The number of halogens is 4. The van der Waals surface area contributed by atoms with Crippen molar-refractivity contribution in [3.63, 3.8) is 0 Å². The van der Waals surface area contributed by atoms with Crippen LogP contribution >= 0.6 is 11.6 Å². The number of nitrogens with one attached hydrogen (secondary N) is 1. The molecule has 0 spiro atoms. The molecule has 0 aromatic carbocycles. The molecule has 1 aliphatic carbocycles. The van der Waals surface area contributed by atoms with Crippen LogP contribution < -0.4 is 5.32 Å². The Balaban J connectivity index is 1.30. The second kappa shape index (κ2) is 7.72. The minimum absolute atomic E-state index is 0.141. The fourth-order valence-corrected chi connectivity index (χ4v) is 5.01. The van der Waals surface area contributed by atoms with E-state index < -0.39 is 16.9 Å². The molecule has 1 N–H and O–H groups in total. The van der Waals surface area contributed by atoms with Gasteiger partial charge in [-0.2, -0.15) is 13.2 Å². The Morgan fingerprint density at radius 3 is 2.44 bits per heavy atom. The summed E-state index contributed by atoms with van der Waals surface area (Å²) in [5, 5.41) is 9.77. The molecule has 4 rings (SSSR count). The van der Waals surface area contributed by atoms with E-state index >= 15 is 0 Å². The van der Waals surface area contributed by atoms with Crippen LogP contribution in [0.4, 0.5) is 19.0 Å². The van der Waals surface area contributed by atoms with Crippen LogP contribution in [0.2, 0.25) is 5.15 Å². The van der Waals surface area contributed by atoms with Crippen molar-refractivity contribution >= 4 is 17.4 Å². The fraction of sp³-hybridized carbons (Fsp3) is 0.778. The number of rotatable bonds is 4. The maximum absolute atomic E-state index is 13.0. The Labute approximate surface area is 161 Å². The summed E-state index contributed by atoms with van der Waals surface area (Å²) in [6.45, 7) is 5.06. The second-order valence-corrected chi connectivity index (χ2v) is 8.40. The molecular formula is C18H24ClF3N4O. The lowest BCUT2D eigenvalue weighted by atomic mass is 10.00. The molecule has 2 saturated heterocycles.